The van der Waals surface area contributed by atoms with E-state index >= 15 is 0 Å². The topological polar surface area (TPSA) is 27.0 Å². The van der Waals surface area contributed by atoms with Crippen molar-refractivity contribution in [2.45, 2.75) is 19.3 Å². The highest BCUT2D eigenvalue weighted by Gasteiger charge is 2.36. The highest BCUT2D eigenvalue weighted by atomic mass is 15.2. The van der Waals surface area contributed by atoms with Gasteiger partial charge in [0.1, 0.15) is 0 Å². The molecule has 2 nitrogen and oxygen atoms in total. The number of anilines is 3. The Morgan fingerprint density at radius 1 is 0.636 bits per heavy atom. The molecule has 2 heteroatoms. The zero-order valence-electron chi connectivity index (χ0n) is 25.2. The van der Waals surface area contributed by atoms with E-state index in [0.717, 1.165) is 11.3 Å². The quantitative estimate of drug-likeness (QED) is 0.157. The summed E-state index contributed by atoms with van der Waals surface area (Å²) >= 11 is 0. The minimum absolute atomic E-state index is 0.0838. The molecule has 212 valence electrons. The van der Waals surface area contributed by atoms with E-state index in [9.17, 15) is 5.26 Å². The number of rotatable bonds is 4. The summed E-state index contributed by atoms with van der Waals surface area (Å²) in [5.41, 5.74) is 9.14. The summed E-state index contributed by atoms with van der Waals surface area (Å²) in [6.07, 6.45) is 7.07. The first-order valence-electron chi connectivity index (χ1n) is 14.8. The van der Waals surface area contributed by atoms with Crippen LogP contribution in [0.15, 0.2) is 159 Å². The third kappa shape index (κ3) is 5.00. The van der Waals surface area contributed by atoms with Crippen LogP contribution in [-0.2, 0) is 5.41 Å². The van der Waals surface area contributed by atoms with Crippen molar-refractivity contribution in [2.75, 3.05) is 4.90 Å². The molecule has 1 aliphatic heterocycles. The van der Waals surface area contributed by atoms with Gasteiger partial charge in [0.25, 0.3) is 0 Å². The van der Waals surface area contributed by atoms with E-state index in [0.29, 0.717) is 5.56 Å². The Labute approximate surface area is 260 Å². The Bertz CT molecular complexity index is 2030. The largest absolute Gasteiger partial charge is 0.310 e. The molecule has 0 radical (unpaired) electrons. The Morgan fingerprint density at radius 3 is 1.80 bits per heavy atom. The lowest BCUT2D eigenvalue weighted by Crippen LogP contribution is -2.30. The number of fused-ring (bicyclic) bond motifs is 5. The molecule has 0 atom stereocenters. The Hall–Kier alpha value is -5.65. The molecule has 6 aromatic rings. The van der Waals surface area contributed by atoms with E-state index in [-0.39, 0.29) is 5.41 Å². The predicted octanol–water partition coefficient (Wildman–Crippen LogP) is 11.6. The lowest BCUT2D eigenvalue weighted by Gasteiger charge is -2.42. The van der Waals surface area contributed by atoms with Gasteiger partial charge in [0.15, 0.2) is 0 Å². The molecule has 44 heavy (non-hydrogen) atoms. The smallest absolute Gasteiger partial charge is 0.0991 e. The molecule has 0 aliphatic carbocycles. The number of benzene rings is 6. The van der Waals surface area contributed by atoms with Gasteiger partial charge >= 0.3 is 0 Å². The van der Waals surface area contributed by atoms with Crippen molar-refractivity contribution in [3.63, 3.8) is 0 Å². The minimum Gasteiger partial charge on any atom is -0.310 e. The average Bonchev–Trinajstić information content (AvgIpc) is 3.07. The lowest BCUT2D eigenvalue weighted by atomic mass is 9.73. The first-order chi connectivity index (χ1) is 21.5. The SMILES string of the molecule is C=C/C=C\C=C.CC1(C)c2ccccc2N(c2ccc3c(c2)cc(-c2ccc(C#N)cc2)c2ccccc23)c2ccccc21. The van der Waals surface area contributed by atoms with Crippen LogP contribution in [0.2, 0.25) is 0 Å². The molecular formula is C42H34N2. The number of nitrogens with zero attached hydrogens (tertiary/aromatic N) is 2. The van der Waals surface area contributed by atoms with E-state index in [2.05, 4.69) is 147 Å². The molecule has 0 bridgehead atoms. The van der Waals surface area contributed by atoms with Gasteiger partial charge < -0.3 is 4.90 Å². The van der Waals surface area contributed by atoms with Crippen molar-refractivity contribution < 1.29 is 0 Å². The standard InChI is InChI=1S/C36H26N2.C6H8/c1-36(2)32-11-5-7-13-34(32)38(35-14-8-6-12-33(35)36)27-19-20-28-26(21-27)22-31(30-10-4-3-9-29(28)30)25-17-15-24(23-37)16-18-25;1-3-5-6-4-2/h3-22H,1-2H3;3-6H,1-2H2/b;6-5-. The van der Waals surface area contributed by atoms with Crippen LogP contribution in [0.25, 0.3) is 32.7 Å². The maximum absolute atomic E-state index is 9.28. The summed E-state index contributed by atoms with van der Waals surface area (Å²) < 4.78 is 0. The minimum atomic E-state index is -0.0838. The summed E-state index contributed by atoms with van der Waals surface area (Å²) in [7, 11) is 0. The maximum Gasteiger partial charge on any atom is 0.0991 e. The van der Waals surface area contributed by atoms with Crippen LogP contribution in [0.5, 0.6) is 0 Å². The third-order valence-electron chi connectivity index (χ3n) is 8.45. The molecular weight excluding hydrogens is 532 g/mol. The molecule has 0 spiro atoms. The molecule has 0 saturated carbocycles. The van der Waals surface area contributed by atoms with E-state index in [1.54, 1.807) is 12.2 Å². The number of hydrogen-bond acceptors (Lipinski definition) is 2. The van der Waals surface area contributed by atoms with Crippen molar-refractivity contribution in [3.05, 3.63) is 175 Å². The maximum atomic E-state index is 9.28. The number of nitriles is 1. The second kappa shape index (κ2) is 11.9. The summed E-state index contributed by atoms with van der Waals surface area (Å²) in [6, 6.07) is 45.4. The predicted molar refractivity (Wildman–Crippen MR) is 188 cm³/mol. The Kier molecular flexibility index (Phi) is 7.71. The van der Waals surface area contributed by atoms with E-state index in [1.807, 2.05) is 24.3 Å². The second-order valence-corrected chi connectivity index (χ2v) is 11.4. The zero-order chi connectivity index (χ0) is 30.7. The van der Waals surface area contributed by atoms with Crippen molar-refractivity contribution >= 4 is 38.6 Å². The van der Waals surface area contributed by atoms with Crippen LogP contribution in [0, 0.1) is 11.3 Å². The summed E-state index contributed by atoms with van der Waals surface area (Å²) in [6.45, 7) is 11.6. The fraction of sp³-hybridized carbons (Fsp3) is 0.0714. The molecule has 0 N–H and O–H groups in total. The first kappa shape index (κ1) is 28.5. The van der Waals surface area contributed by atoms with Gasteiger partial charge in [-0.15, -0.1) is 0 Å². The monoisotopic (exact) mass is 566 g/mol. The molecule has 1 aliphatic rings. The molecule has 7 rings (SSSR count). The fourth-order valence-electron chi connectivity index (χ4n) is 6.31. The van der Waals surface area contributed by atoms with E-state index in [4.69, 9.17) is 0 Å². The van der Waals surface area contributed by atoms with Gasteiger partial charge in [-0.25, -0.2) is 0 Å². The van der Waals surface area contributed by atoms with Crippen LogP contribution >= 0.6 is 0 Å². The summed E-state index contributed by atoms with van der Waals surface area (Å²) in [4.78, 5) is 2.41. The average molecular weight is 567 g/mol. The van der Waals surface area contributed by atoms with Gasteiger partial charge in [-0.1, -0.05) is 130 Å². The van der Waals surface area contributed by atoms with E-state index < -0.39 is 0 Å². The third-order valence-corrected chi connectivity index (χ3v) is 8.45. The fourth-order valence-corrected chi connectivity index (χ4v) is 6.31. The first-order valence-corrected chi connectivity index (χ1v) is 14.8. The van der Waals surface area contributed by atoms with Crippen LogP contribution in [0.4, 0.5) is 17.1 Å². The lowest BCUT2D eigenvalue weighted by molar-refractivity contribution is 0.632. The highest BCUT2D eigenvalue weighted by Crippen LogP contribution is 2.52. The van der Waals surface area contributed by atoms with Crippen molar-refractivity contribution in [1.29, 1.82) is 5.26 Å². The Balaban J connectivity index is 0.000000523. The van der Waals surface area contributed by atoms with Crippen molar-refractivity contribution in [3.8, 4) is 17.2 Å². The van der Waals surface area contributed by atoms with Gasteiger partial charge in [-0.3, -0.25) is 0 Å². The van der Waals surface area contributed by atoms with Crippen LogP contribution in [-0.4, -0.2) is 0 Å². The summed E-state index contributed by atoms with van der Waals surface area (Å²) in [5.74, 6) is 0. The molecule has 6 aromatic carbocycles. The van der Waals surface area contributed by atoms with Crippen LogP contribution < -0.4 is 4.90 Å². The van der Waals surface area contributed by atoms with Gasteiger partial charge in [0, 0.05) is 11.1 Å². The van der Waals surface area contributed by atoms with Crippen LogP contribution in [0.1, 0.15) is 30.5 Å². The molecule has 0 amide bonds. The van der Waals surface area contributed by atoms with Crippen molar-refractivity contribution in [1.82, 2.24) is 0 Å². The van der Waals surface area contributed by atoms with Gasteiger partial charge in [0.05, 0.1) is 23.0 Å². The molecule has 0 fully saturated rings. The molecule has 0 aromatic heterocycles. The highest BCUT2D eigenvalue weighted by molar-refractivity contribution is 6.14. The van der Waals surface area contributed by atoms with E-state index in [1.165, 1.54) is 49.6 Å². The van der Waals surface area contributed by atoms with Crippen LogP contribution in [0.3, 0.4) is 0 Å². The van der Waals surface area contributed by atoms with Crippen molar-refractivity contribution in [2.24, 2.45) is 0 Å². The number of allylic oxidation sites excluding steroid dienone is 4. The molecule has 1 heterocycles. The van der Waals surface area contributed by atoms with Gasteiger partial charge in [-0.05, 0) is 86.3 Å². The number of para-hydroxylation sites is 2. The normalized spacial score (nSPS) is 13.0. The number of hydrogen-bond donors (Lipinski definition) is 0. The summed E-state index contributed by atoms with van der Waals surface area (Å²) in [5, 5.41) is 14.2. The molecule has 0 saturated heterocycles. The van der Waals surface area contributed by atoms with Gasteiger partial charge in [-0.2, -0.15) is 5.26 Å². The zero-order valence-corrected chi connectivity index (χ0v) is 25.2. The second-order valence-electron chi connectivity index (χ2n) is 11.4. The molecule has 0 unspecified atom stereocenters. The Morgan fingerprint density at radius 2 is 1.20 bits per heavy atom. The van der Waals surface area contributed by atoms with Gasteiger partial charge in [0.2, 0.25) is 0 Å².